The largest absolute Gasteiger partial charge is 0.478 e. The summed E-state index contributed by atoms with van der Waals surface area (Å²) >= 11 is 0. The minimum absolute atomic E-state index is 0.0629. The molecule has 0 saturated heterocycles. The molecule has 0 aliphatic rings. The van der Waals surface area contributed by atoms with Crippen molar-refractivity contribution in [1.82, 2.24) is 0 Å². The predicted molar refractivity (Wildman–Crippen MR) is 48.5 cm³/mol. The molecule has 0 aliphatic carbocycles. The fourth-order valence-corrected chi connectivity index (χ4v) is 0.983. The molecule has 0 spiro atoms. The summed E-state index contributed by atoms with van der Waals surface area (Å²) < 4.78 is 4.36. The van der Waals surface area contributed by atoms with Gasteiger partial charge in [0.25, 0.3) is 0 Å². The van der Waals surface area contributed by atoms with Crippen LogP contribution in [0.15, 0.2) is 24.3 Å². The van der Waals surface area contributed by atoms with Gasteiger partial charge in [0, 0.05) is 0 Å². The molecular formula is C8H7O4P. The molecule has 4 nitrogen and oxygen atoms in total. The van der Waals surface area contributed by atoms with Gasteiger partial charge in [0.1, 0.15) is 0 Å². The molecule has 1 unspecified atom stereocenters. The minimum atomic E-state index is -1.07. The van der Waals surface area contributed by atoms with E-state index in [1.165, 1.54) is 24.3 Å². The van der Waals surface area contributed by atoms with Crippen molar-refractivity contribution in [3.63, 3.8) is 0 Å². The smallest absolute Gasteiger partial charge is 0.340 e. The first kappa shape index (κ1) is 9.68. The zero-order chi connectivity index (χ0) is 9.84. The highest BCUT2D eigenvalue weighted by Crippen LogP contribution is 2.08. The van der Waals surface area contributed by atoms with E-state index >= 15 is 0 Å². The summed E-state index contributed by atoms with van der Waals surface area (Å²) in [5.74, 6) is -1.65. The van der Waals surface area contributed by atoms with Gasteiger partial charge in [0.05, 0.1) is 20.6 Å². The summed E-state index contributed by atoms with van der Waals surface area (Å²) in [5.41, 5.74) is 0.280. The van der Waals surface area contributed by atoms with Gasteiger partial charge in [-0.25, -0.2) is 9.59 Å². The number of carboxylic acid groups (broad SMARTS) is 1. The van der Waals surface area contributed by atoms with E-state index in [9.17, 15) is 9.59 Å². The van der Waals surface area contributed by atoms with Gasteiger partial charge in [-0.2, -0.15) is 0 Å². The number of carbonyl (C=O) groups excluding carboxylic acids is 1. The van der Waals surface area contributed by atoms with Gasteiger partial charge in [-0.15, -0.1) is 0 Å². The second-order valence-corrected chi connectivity index (χ2v) is 2.53. The first-order valence-electron chi connectivity index (χ1n) is 3.39. The molecule has 0 saturated carbocycles. The summed E-state index contributed by atoms with van der Waals surface area (Å²) in [4.78, 5) is 21.5. The van der Waals surface area contributed by atoms with Crippen molar-refractivity contribution in [2.45, 2.75) is 0 Å². The first-order valence-corrected chi connectivity index (χ1v) is 3.86. The van der Waals surface area contributed by atoms with Crippen LogP contribution in [0.3, 0.4) is 0 Å². The van der Waals surface area contributed by atoms with E-state index in [1.807, 2.05) is 9.47 Å². The molecule has 5 heteroatoms. The van der Waals surface area contributed by atoms with E-state index in [4.69, 9.17) is 5.11 Å². The second-order valence-electron chi connectivity index (χ2n) is 2.29. The van der Waals surface area contributed by atoms with Gasteiger partial charge in [-0.05, 0) is 18.2 Å². The number of rotatable bonds is 2. The Kier molecular flexibility index (Phi) is 2.98. The van der Waals surface area contributed by atoms with Gasteiger partial charge >= 0.3 is 11.9 Å². The SMILES string of the molecule is O=C(O)c1cccc(C(=O)OP)c1. The van der Waals surface area contributed by atoms with Crippen LogP contribution in [0.25, 0.3) is 0 Å². The summed E-state index contributed by atoms with van der Waals surface area (Å²) in [5, 5.41) is 8.61. The zero-order valence-electron chi connectivity index (χ0n) is 6.56. The summed E-state index contributed by atoms with van der Waals surface area (Å²) in [6.45, 7) is 0. The van der Waals surface area contributed by atoms with E-state index in [0.29, 0.717) is 0 Å². The van der Waals surface area contributed by atoms with Crippen molar-refractivity contribution in [1.29, 1.82) is 0 Å². The Morgan fingerprint density at radius 2 is 1.92 bits per heavy atom. The third kappa shape index (κ3) is 2.26. The Morgan fingerprint density at radius 3 is 2.46 bits per heavy atom. The topological polar surface area (TPSA) is 63.6 Å². The molecule has 0 amide bonds. The predicted octanol–water partition coefficient (Wildman–Crippen LogP) is 1.33. The fraction of sp³-hybridized carbons (Fsp3) is 0. The maximum Gasteiger partial charge on any atom is 0.340 e. The van der Waals surface area contributed by atoms with Crippen LogP contribution in [0.4, 0.5) is 0 Å². The van der Waals surface area contributed by atoms with E-state index < -0.39 is 11.9 Å². The maximum absolute atomic E-state index is 11.0. The lowest BCUT2D eigenvalue weighted by Gasteiger charge is -1.99. The van der Waals surface area contributed by atoms with E-state index in [0.717, 1.165) is 0 Å². The molecule has 13 heavy (non-hydrogen) atoms. The standard InChI is InChI=1S/C8H7O4P/c9-7(10)5-2-1-3-6(4-5)8(11)12-13/h1-4H,13H2,(H,9,10). The lowest BCUT2D eigenvalue weighted by molar-refractivity contribution is 0.0697. The van der Waals surface area contributed by atoms with Crippen LogP contribution >= 0.6 is 9.47 Å². The van der Waals surface area contributed by atoms with Gasteiger partial charge in [-0.1, -0.05) is 6.07 Å². The van der Waals surface area contributed by atoms with Gasteiger partial charge in [-0.3, -0.25) is 0 Å². The molecule has 1 aromatic carbocycles. The van der Waals surface area contributed by atoms with Crippen LogP contribution in [-0.4, -0.2) is 17.0 Å². The maximum atomic E-state index is 11.0. The lowest BCUT2D eigenvalue weighted by atomic mass is 10.1. The van der Waals surface area contributed by atoms with Crippen LogP contribution in [0, 0.1) is 0 Å². The van der Waals surface area contributed by atoms with Crippen LogP contribution < -0.4 is 0 Å². The summed E-state index contributed by atoms with van der Waals surface area (Å²) in [6, 6.07) is 5.63. The van der Waals surface area contributed by atoms with Crippen LogP contribution in [0.5, 0.6) is 0 Å². The number of aromatic carboxylic acids is 1. The van der Waals surface area contributed by atoms with Crippen LogP contribution in [0.1, 0.15) is 20.7 Å². The van der Waals surface area contributed by atoms with Crippen molar-refractivity contribution < 1.29 is 19.2 Å². The fourth-order valence-electron chi connectivity index (χ4n) is 0.847. The van der Waals surface area contributed by atoms with Crippen LogP contribution in [0.2, 0.25) is 0 Å². The second kappa shape index (κ2) is 4.01. The Labute approximate surface area is 76.8 Å². The molecule has 1 N–H and O–H groups in total. The van der Waals surface area contributed by atoms with Gasteiger partial charge < -0.3 is 9.63 Å². The molecule has 1 aromatic rings. The van der Waals surface area contributed by atoms with E-state index in [2.05, 4.69) is 4.52 Å². The van der Waals surface area contributed by atoms with Crippen molar-refractivity contribution in [3.8, 4) is 0 Å². The molecule has 0 fully saturated rings. The average Bonchev–Trinajstić information content (AvgIpc) is 2.17. The molecule has 0 heterocycles. The zero-order valence-corrected chi connectivity index (χ0v) is 7.71. The summed E-state index contributed by atoms with van der Waals surface area (Å²) in [6.07, 6.45) is 0. The normalized spacial score (nSPS) is 9.31. The molecule has 0 radical (unpaired) electrons. The third-order valence-electron chi connectivity index (χ3n) is 1.45. The van der Waals surface area contributed by atoms with Gasteiger partial charge in [0.2, 0.25) is 0 Å². The minimum Gasteiger partial charge on any atom is -0.478 e. The average molecular weight is 198 g/mol. The molecule has 0 aromatic heterocycles. The highest BCUT2D eigenvalue weighted by molar-refractivity contribution is 7.10. The van der Waals surface area contributed by atoms with Gasteiger partial charge in [0.15, 0.2) is 0 Å². The van der Waals surface area contributed by atoms with Crippen molar-refractivity contribution in [3.05, 3.63) is 35.4 Å². The third-order valence-corrected chi connectivity index (χ3v) is 1.67. The van der Waals surface area contributed by atoms with Crippen LogP contribution in [-0.2, 0) is 4.52 Å². The Morgan fingerprint density at radius 1 is 1.31 bits per heavy atom. The van der Waals surface area contributed by atoms with Crippen molar-refractivity contribution >= 4 is 21.4 Å². The Balaban J connectivity index is 3.05. The Bertz CT molecular complexity index is 348. The monoisotopic (exact) mass is 198 g/mol. The highest BCUT2D eigenvalue weighted by atomic mass is 31.0. The number of hydrogen-bond acceptors (Lipinski definition) is 3. The highest BCUT2D eigenvalue weighted by Gasteiger charge is 2.08. The quantitative estimate of drug-likeness (QED) is 0.728. The number of hydrogen-bond donors (Lipinski definition) is 1. The van der Waals surface area contributed by atoms with Crippen molar-refractivity contribution in [2.75, 3.05) is 0 Å². The number of benzene rings is 1. The first-order chi connectivity index (χ1) is 6.15. The molecule has 0 aliphatic heterocycles. The molecule has 68 valence electrons. The molecule has 0 bridgehead atoms. The number of carboxylic acids is 1. The van der Waals surface area contributed by atoms with E-state index in [-0.39, 0.29) is 11.1 Å². The lowest BCUT2D eigenvalue weighted by Crippen LogP contribution is -2.01. The molecular weight excluding hydrogens is 191 g/mol. The number of carbonyl (C=O) groups is 2. The van der Waals surface area contributed by atoms with Crippen molar-refractivity contribution in [2.24, 2.45) is 0 Å². The van der Waals surface area contributed by atoms with E-state index in [1.54, 1.807) is 0 Å². The summed E-state index contributed by atoms with van der Waals surface area (Å²) in [7, 11) is 1.81. The molecule has 1 atom stereocenters. The molecule has 1 rings (SSSR count). The Hall–Kier alpha value is -1.41.